The van der Waals surface area contributed by atoms with Crippen LogP contribution in [0.2, 0.25) is 0 Å². The normalized spacial score (nSPS) is 11.5. The van der Waals surface area contributed by atoms with Gasteiger partial charge in [-0.15, -0.1) is 0 Å². The molecule has 0 aromatic heterocycles. The standard InChI is InChI=1S/C13H17N3O6/c1-8(12(17)15-5-6-21-2)22-13(18)10-4-3-9(16(19)20)7-11(10)14/h3-4,7-8H,5-6,14H2,1-2H3,(H,15,17)/t8-/m0/s1. The lowest BCUT2D eigenvalue weighted by molar-refractivity contribution is -0.384. The lowest BCUT2D eigenvalue weighted by Crippen LogP contribution is -2.37. The van der Waals surface area contributed by atoms with Crippen molar-refractivity contribution in [2.75, 3.05) is 26.0 Å². The third-order valence-corrected chi connectivity index (χ3v) is 2.72. The SMILES string of the molecule is COCCNC(=O)[C@H](C)OC(=O)c1ccc([N+](=O)[O-])cc1N. The quantitative estimate of drug-likeness (QED) is 0.246. The van der Waals surface area contributed by atoms with E-state index in [1.54, 1.807) is 0 Å². The highest BCUT2D eigenvalue weighted by Gasteiger charge is 2.21. The Kier molecular flexibility index (Phi) is 6.26. The molecule has 1 rings (SSSR count). The molecule has 0 aliphatic carbocycles. The van der Waals surface area contributed by atoms with Gasteiger partial charge in [0.05, 0.1) is 22.8 Å². The number of carbonyl (C=O) groups is 2. The first-order valence-corrected chi connectivity index (χ1v) is 6.38. The molecule has 0 aliphatic heterocycles. The summed E-state index contributed by atoms with van der Waals surface area (Å²) in [6.07, 6.45) is -1.03. The average molecular weight is 311 g/mol. The number of nitrogens with zero attached hydrogens (tertiary/aromatic N) is 1. The maximum Gasteiger partial charge on any atom is 0.341 e. The van der Waals surface area contributed by atoms with Gasteiger partial charge in [-0.2, -0.15) is 0 Å². The summed E-state index contributed by atoms with van der Waals surface area (Å²) in [5, 5.41) is 13.1. The van der Waals surface area contributed by atoms with Gasteiger partial charge in [0.1, 0.15) is 0 Å². The molecule has 22 heavy (non-hydrogen) atoms. The first kappa shape index (κ1) is 17.4. The van der Waals surface area contributed by atoms with Gasteiger partial charge in [0.15, 0.2) is 6.10 Å². The number of ether oxygens (including phenoxy) is 2. The summed E-state index contributed by atoms with van der Waals surface area (Å²) in [6, 6.07) is 3.38. The van der Waals surface area contributed by atoms with E-state index in [1.807, 2.05) is 0 Å². The van der Waals surface area contributed by atoms with Crippen molar-refractivity contribution in [2.45, 2.75) is 13.0 Å². The molecule has 1 aromatic rings. The number of nitrogen functional groups attached to an aromatic ring is 1. The first-order valence-electron chi connectivity index (χ1n) is 6.38. The van der Waals surface area contributed by atoms with Gasteiger partial charge in [-0.25, -0.2) is 4.79 Å². The lowest BCUT2D eigenvalue weighted by Gasteiger charge is -2.14. The molecule has 0 saturated heterocycles. The topological polar surface area (TPSA) is 134 Å². The van der Waals surface area contributed by atoms with E-state index in [9.17, 15) is 19.7 Å². The minimum atomic E-state index is -1.03. The smallest absolute Gasteiger partial charge is 0.341 e. The van der Waals surface area contributed by atoms with Crippen LogP contribution in [0.4, 0.5) is 11.4 Å². The fraction of sp³-hybridized carbons (Fsp3) is 0.385. The molecule has 0 aliphatic rings. The molecule has 120 valence electrons. The van der Waals surface area contributed by atoms with Crippen molar-refractivity contribution in [3.8, 4) is 0 Å². The van der Waals surface area contributed by atoms with Crippen molar-refractivity contribution in [2.24, 2.45) is 0 Å². The number of hydrogen-bond acceptors (Lipinski definition) is 7. The van der Waals surface area contributed by atoms with Crippen molar-refractivity contribution in [1.29, 1.82) is 0 Å². The van der Waals surface area contributed by atoms with Gasteiger partial charge in [-0.05, 0) is 13.0 Å². The number of hydrogen-bond donors (Lipinski definition) is 2. The lowest BCUT2D eigenvalue weighted by atomic mass is 10.1. The van der Waals surface area contributed by atoms with Gasteiger partial charge in [-0.1, -0.05) is 0 Å². The van der Waals surface area contributed by atoms with E-state index in [-0.39, 0.29) is 23.5 Å². The number of amides is 1. The minimum Gasteiger partial charge on any atom is -0.449 e. The van der Waals surface area contributed by atoms with Crippen molar-refractivity contribution in [1.82, 2.24) is 5.32 Å². The predicted molar refractivity (Wildman–Crippen MR) is 77.3 cm³/mol. The third-order valence-electron chi connectivity index (χ3n) is 2.72. The minimum absolute atomic E-state index is 0.0397. The molecule has 0 fully saturated rings. The Morgan fingerprint density at radius 1 is 1.45 bits per heavy atom. The Morgan fingerprint density at radius 3 is 2.68 bits per heavy atom. The first-order chi connectivity index (χ1) is 10.4. The maximum atomic E-state index is 11.9. The highest BCUT2D eigenvalue weighted by atomic mass is 16.6. The van der Waals surface area contributed by atoms with Gasteiger partial charge < -0.3 is 20.5 Å². The molecule has 0 saturated carbocycles. The predicted octanol–water partition coefficient (Wildman–Crippen LogP) is 0.485. The van der Waals surface area contributed by atoms with Crippen molar-refractivity contribution < 1.29 is 24.0 Å². The molecule has 1 amide bonds. The molecule has 0 unspecified atom stereocenters. The van der Waals surface area contributed by atoms with Gasteiger partial charge in [0.25, 0.3) is 11.6 Å². The maximum absolute atomic E-state index is 11.9. The van der Waals surface area contributed by atoms with Crippen LogP contribution < -0.4 is 11.1 Å². The number of carbonyl (C=O) groups excluding carboxylic acids is 2. The zero-order chi connectivity index (χ0) is 16.7. The van der Waals surface area contributed by atoms with Crippen molar-refractivity contribution in [3.05, 3.63) is 33.9 Å². The molecule has 0 spiro atoms. The molecule has 1 atom stereocenters. The molecule has 9 nitrogen and oxygen atoms in total. The average Bonchev–Trinajstić information content (AvgIpc) is 2.46. The van der Waals surface area contributed by atoms with Crippen LogP contribution in [0.15, 0.2) is 18.2 Å². The summed E-state index contributed by atoms with van der Waals surface area (Å²) in [7, 11) is 1.49. The van der Waals surface area contributed by atoms with Crippen LogP contribution in [-0.4, -0.2) is 43.2 Å². The largest absolute Gasteiger partial charge is 0.449 e. The summed E-state index contributed by atoms with van der Waals surface area (Å²) in [4.78, 5) is 33.5. The number of esters is 1. The number of nitrogens with one attached hydrogen (secondary N) is 1. The van der Waals surface area contributed by atoms with E-state index in [4.69, 9.17) is 15.2 Å². The van der Waals surface area contributed by atoms with E-state index in [2.05, 4.69) is 5.32 Å². The number of rotatable bonds is 7. The number of nitro benzene ring substituents is 1. The van der Waals surface area contributed by atoms with Crippen LogP contribution in [0.1, 0.15) is 17.3 Å². The second kappa shape index (κ2) is 7.93. The van der Waals surface area contributed by atoms with Crippen LogP contribution in [0.3, 0.4) is 0 Å². The van der Waals surface area contributed by atoms with E-state index in [1.165, 1.54) is 20.1 Å². The van der Waals surface area contributed by atoms with E-state index in [0.29, 0.717) is 6.61 Å². The summed E-state index contributed by atoms with van der Waals surface area (Å²) in [5.74, 6) is -1.31. The Balaban J connectivity index is 2.68. The summed E-state index contributed by atoms with van der Waals surface area (Å²) < 4.78 is 9.74. The van der Waals surface area contributed by atoms with Gasteiger partial charge in [0.2, 0.25) is 0 Å². The zero-order valence-corrected chi connectivity index (χ0v) is 12.2. The summed E-state index contributed by atoms with van der Waals surface area (Å²) in [5.41, 5.74) is 5.22. The molecule has 9 heteroatoms. The monoisotopic (exact) mass is 311 g/mol. The second-order valence-corrected chi connectivity index (χ2v) is 4.36. The van der Waals surface area contributed by atoms with Crippen LogP contribution in [0.25, 0.3) is 0 Å². The highest BCUT2D eigenvalue weighted by Crippen LogP contribution is 2.20. The fourth-order valence-electron chi connectivity index (χ4n) is 1.55. The molecule has 0 bridgehead atoms. The number of non-ortho nitro benzene ring substituents is 1. The van der Waals surface area contributed by atoms with Gasteiger partial charge >= 0.3 is 5.97 Å². The Labute approximate surface area is 126 Å². The molecule has 0 radical (unpaired) electrons. The van der Waals surface area contributed by atoms with Crippen LogP contribution in [0, 0.1) is 10.1 Å². The van der Waals surface area contributed by atoms with Gasteiger partial charge in [0, 0.05) is 25.8 Å². The third kappa shape index (κ3) is 4.70. The Bertz CT molecular complexity index is 575. The van der Waals surface area contributed by atoms with E-state index in [0.717, 1.165) is 12.1 Å². The number of nitrogens with two attached hydrogens (primary N) is 1. The van der Waals surface area contributed by atoms with Crippen molar-refractivity contribution in [3.63, 3.8) is 0 Å². The zero-order valence-electron chi connectivity index (χ0n) is 12.2. The van der Waals surface area contributed by atoms with E-state index < -0.39 is 22.9 Å². The van der Waals surface area contributed by atoms with Crippen LogP contribution in [0.5, 0.6) is 0 Å². The number of anilines is 1. The molecular formula is C13H17N3O6. The Hall–Kier alpha value is -2.68. The van der Waals surface area contributed by atoms with E-state index >= 15 is 0 Å². The molecule has 3 N–H and O–H groups in total. The summed E-state index contributed by atoms with van der Waals surface area (Å²) in [6.45, 7) is 2.03. The van der Waals surface area contributed by atoms with Gasteiger partial charge in [-0.3, -0.25) is 14.9 Å². The number of benzene rings is 1. The molecule has 0 heterocycles. The summed E-state index contributed by atoms with van der Waals surface area (Å²) >= 11 is 0. The van der Waals surface area contributed by atoms with Crippen LogP contribution in [-0.2, 0) is 14.3 Å². The highest BCUT2D eigenvalue weighted by molar-refractivity contribution is 5.97. The number of nitro groups is 1. The van der Waals surface area contributed by atoms with Crippen molar-refractivity contribution >= 4 is 23.3 Å². The Morgan fingerprint density at radius 2 is 2.14 bits per heavy atom. The fourth-order valence-corrected chi connectivity index (χ4v) is 1.55. The number of methoxy groups -OCH3 is 1. The second-order valence-electron chi connectivity index (χ2n) is 4.36. The van der Waals surface area contributed by atoms with Crippen LogP contribution >= 0.6 is 0 Å². The molecular weight excluding hydrogens is 294 g/mol. The molecule has 1 aromatic carbocycles.